The van der Waals surface area contributed by atoms with Crippen molar-refractivity contribution in [1.29, 1.82) is 0 Å². The van der Waals surface area contributed by atoms with Gasteiger partial charge in [-0.3, -0.25) is 4.79 Å². The van der Waals surface area contributed by atoms with Gasteiger partial charge in [0.25, 0.3) is 5.91 Å². The van der Waals surface area contributed by atoms with Gasteiger partial charge in [-0.25, -0.2) is 0 Å². The zero-order valence-corrected chi connectivity index (χ0v) is 18.9. The first-order chi connectivity index (χ1) is 15.5. The number of hydrogen-bond donors (Lipinski definition) is 1. The second kappa shape index (κ2) is 9.09. The maximum Gasteiger partial charge on any atom is 0.255 e. The third kappa shape index (κ3) is 4.42. The Bertz CT molecular complexity index is 1210. The molecule has 1 aromatic heterocycles. The van der Waals surface area contributed by atoms with Crippen molar-refractivity contribution in [1.82, 2.24) is 15.0 Å². The third-order valence-electron chi connectivity index (χ3n) is 5.49. The third-order valence-corrected chi connectivity index (χ3v) is 5.49. The highest BCUT2D eigenvalue weighted by Crippen LogP contribution is 2.21. The average Bonchev–Trinajstić information content (AvgIpc) is 3.24. The molecule has 0 radical (unpaired) electrons. The summed E-state index contributed by atoms with van der Waals surface area (Å²) in [4.78, 5) is 18.5. The minimum absolute atomic E-state index is 0.158. The molecule has 1 amide bonds. The summed E-state index contributed by atoms with van der Waals surface area (Å²) in [7, 11) is 3.94. The summed E-state index contributed by atoms with van der Waals surface area (Å²) in [5.41, 5.74) is 5.90. The Labute approximate surface area is 188 Å². The number of rotatable bonds is 7. The van der Waals surface area contributed by atoms with Gasteiger partial charge in [0.1, 0.15) is 11.0 Å². The van der Waals surface area contributed by atoms with E-state index >= 15 is 0 Å². The van der Waals surface area contributed by atoms with E-state index in [1.54, 1.807) is 4.80 Å². The lowest BCUT2D eigenvalue weighted by atomic mass is 10.2. The number of nitrogens with zero attached hydrogens (tertiary/aromatic N) is 5. The molecule has 1 N–H and O–H groups in total. The highest BCUT2D eigenvalue weighted by molar-refractivity contribution is 6.05. The Morgan fingerprint density at radius 3 is 2.09 bits per heavy atom. The highest BCUT2D eigenvalue weighted by atomic mass is 16.1. The van der Waals surface area contributed by atoms with Gasteiger partial charge in [-0.2, -0.15) is 4.80 Å². The fourth-order valence-corrected chi connectivity index (χ4v) is 3.61. The standard InChI is InChI=1S/C25H28N6O/c1-5-30(6-2)21-12-14-22(15-13-21)31-27-23-16-9-19(17-24(23)28-31)26-25(32)18-7-10-20(11-8-18)29(3)4/h7-17H,5-6H2,1-4H3,(H,26,32). The molecule has 3 aromatic carbocycles. The number of fused-ring (bicyclic) bond motifs is 1. The van der Waals surface area contributed by atoms with Crippen molar-refractivity contribution in [2.24, 2.45) is 0 Å². The van der Waals surface area contributed by atoms with E-state index in [-0.39, 0.29) is 5.91 Å². The molecular weight excluding hydrogens is 400 g/mol. The molecule has 0 aliphatic carbocycles. The number of benzene rings is 3. The van der Waals surface area contributed by atoms with Crippen LogP contribution in [-0.4, -0.2) is 48.1 Å². The number of amides is 1. The van der Waals surface area contributed by atoms with Crippen molar-refractivity contribution < 1.29 is 4.79 Å². The van der Waals surface area contributed by atoms with Crippen molar-refractivity contribution >= 4 is 34.0 Å². The second-order valence-electron chi connectivity index (χ2n) is 7.78. The smallest absolute Gasteiger partial charge is 0.255 e. The molecule has 0 spiro atoms. The molecule has 0 atom stereocenters. The first kappa shape index (κ1) is 21.4. The lowest BCUT2D eigenvalue weighted by Gasteiger charge is -2.20. The van der Waals surface area contributed by atoms with E-state index in [0.717, 1.165) is 35.5 Å². The number of anilines is 3. The minimum atomic E-state index is -0.158. The van der Waals surface area contributed by atoms with E-state index in [9.17, 15) is 4.79 Å². The Kier molecular flexibility index (Phi) is 6.07. The summed E-state index contributed by atoms with van der Waals surface area (Å²) < 4.78 is 0. The number of hydrogen-bond acceptors (Lipinski definition) is 5. The molecule has 0 fully saturated rings. The molecule has 0 aliphatic heterocycles. The van der Waals surface area contributed by atoms with Gasteiger partial charge in [-0.1, -0.05) is 0 Å². The van der Waals surface area contributed by atoms with Gasteiger partial charge in [0.2, 0.25) is 0 Å². The summed E-state index contributed by atoms with van der Waals surface area (Å²) in [5, 5.41) is 12.1. The van der Waals surface area contributed by atoms with Crippen molar-refractivity contribution in [2.75, 3.05) is 42.3 Å². The van der Waals surface area contributed by atoms with Crippen LogP contribution in [0.25, 0.3) is 16.7 Å². The highest BCUT2D eigenvalue weighted by Gasteiger charge is 2.10. The predicted molar refractivity (Wildman–Crippen MR) is 131 cm³/mol. The maximum atomic E-state index is 12.6. The van der Waals surface area contributed by atoms with Crippen LogP contribution in [0.3, 0.4) is 0 Å². The Hall–Kier alpha value is -3.87. The van der Waals surface area contributed by atoms with Crippen LogP contribution in [0, 0.1) is 0 Å². The van der Waals surface area contributed by atoms with Crippen molar-refractivity contribution in [3.63, 3.8) is 0 Å². The van der Waals surface area contributed by atoms with Crippen LogP contribution in [0.4, 0.5) is 17.1 Å². The van der Waals surface area contributed by atoms with Crippen molar-refractivity contribution in [3.05, 3.63) is 72.3 Å². The molecule has 7 heteroatoms. The van der Waals surface area contributed by atoms with Gasteiger partial charge in [0, 0.05) is 49.8 Å². The second-order valence-corrected chi connectivity index (χ2v) is 7.78. The van der Waals surface area contributed by atoms with Gasteiger partial charge in [0.15, 0.2) is 0 Å². The molecule has 32 heavy (non-hydrogen) atoms. The molecule has 164 valence electrons. The van der Waals surface area contributed by atoms with E-state index in [0.29, 0.717) is 11.3 Å². The van der Waals surface area contributed by atoms with E-state index < -0.39 is 0 Å². The summed E-state index contributed by atoms with van der Waals surface area (Å²) in [6.07, 6.45) is 0. The van der Waals surface area contributed by atoms with Gasteiger partial charge in [0.05, 0.1) is 5.69 Å². The molecule has 0 saturated carbocycles. The van der Waals surface area contributed by atoms with Gasteiger partial charge in [-0.15, -0.1) is 10.2 Å². The van der Waals surface area contributed by atoms with Gasteiger partial charge >= 0.3 is 0 Å². The molecule has 4 rings (SSSR count). The van der Waals surface area contributed by atoms with E-state index in [2.05, 4.69) is 46.4 Å². The quantitative estimate of drug-likeness (QED) is 0.467. The Morgan fingerprint density at radius 2 is 1.47 bits per heavy atom. The zero-order valence-electron chi connectivity index (χ0n) is 18.9. The zero-order chi connectivity index (χ0) is 22.7. The van der Waals surface area contributed by atoms with Crippen molar-refractivity contribution in [3.8, 4) is 5.69 Å². The molecule has 0 saturated heterocycles. The Balaban J connectivity index is 1.52. The van der Waals surface area contributed by atoms with Crippen LogP contribution in [0.5, 0.6) is 0 Å². The van der Waals surface area contributed by atoms with Crippen LogP contribution < -0.4 is 15.1 Å². The largest absolute Gasteiger partial charge is 0.378 e. The van der Waals surface area contributed by atoms with E-state index in [1.807, 2.05) is 73.6 Å². The van der Waals surface area contributed by atoms with Crippen LogP contribution in [-0.2, 0) is 0 Å². The van der Waals surface area contributed by atoms with Crippen LogP contribution in [0.1, 0.15) is 24.2 Å². The first-order valence-electron chi connectivity index (χ1n) is 10.8. The lowest BCUT2D eigenvalue weighted by molar-refractivity contribution is 0.102. The molecule has 7 nitrogen and oxygen atoms in total. The monoisotopic (exact) mass is 428 g/mol. The molecule has 1 heterocycles. The summed E-state index contributed by atoms with van der Waals surface area (Å²) >= 11 is 0. The molecule has 0 unspecified atom stereocenters. The molecule has 4 aromatic rings. The van der Waals surface area contributed by atoms with Crippen LogP contribution in [0.15, 0.2) is 66.7 Å². The topological polar surface area (TPSA) is 66.3 Å². The summed E-state index contributed by atoms with van der Waals surface area (Å²) in [5.74, 6) is -0.158. The Morgan fingerprint density at radius 1 is 0.844 bits per heavy atom. The number of carbonyl (C=O) groups is 1. The number of aromatic nitrogens is 3. The van der Waals surface area contributed by atoms with E-state index in [1.165, 1.54) is 5.69 Å². The lowest BCUT2D eigenvalue weighted by Crippen LogP contribution is -2.21. The minimum Gasteiger partial charge on any atom is -0.378 e. The van der Waals surface area contributed by atoms with Gasteiger partial charge in [-0.05, 0) is 80.6 Å². The van der Waals surface area contributed by atoms with E-state index in [4.69, 9.17) is 0 Å². The molecule has 0 aliphatic rings. The fraction of sp³-hybridized carbons (Fsp3) is 0.240. The van der Waals surface area contributed by atoms with Crippen molar-refractivity contribution in [2.45, 2.75) is 13.8 Å². The number of nitrogens with one attached hydrogen (secondary N) is 1. The normalized spacial score (nSPS) is 10.9. The summed E-state index contributed by atoms with van der Waals surface area (Å²) in [6.45, 7) is 6.23. The molecular formula is C25H28N6O. The number of carbonyl (C=O) groups excluding carboxylic acids is 1. The predicted octanol–water partition coefficient (Wildman–Crippen LogP) is 4.59. The SMILES string of the molecule is CCN(CC)c1ccc(-n2nc3ccc(NC(=O)c4ccc(N(C)C)cc4)cc3n2)cc1. The average molecular weight is 429 g/mol. The summed E-state index contributed by atoms with van der Waals surface area (Å²) in [6, 6.07) is 21.3. The van der Waals surface area contributed by atoms with Crippen LogP contribution >= 0.6 is 0 Å². The first-order valence-corrected chi connectivity index (χ1v) is 10.8. The molecule has 0 bridgehead atoms. The van der Waals surface area contributed by atoms with Gasteiger partial charge < -0.3 is 15.1 Å². The maximum absolute atomic E-state index is 12.6. The fourth-order valence-electron chi connectivity index (χ4n) is 3.61. The van der Waals surface area contributed by atoms with Crippen LogP contribution in [0.2, 0.25) is 0 Å².